The maximum atomic E-state index is 13.2. The third-order valence-corrected chi connectivity index (χ3v) is 2.08. The molecule has 1 aromatic carbocycles. The topological polar surface area (TPSA) is 49.3 Å². The molecule has 0 unspecified atom stereocenters. The van der Waals surface area contributed by atoms with Crippen LogP contribution in [-0.2, 0) is 4.79 Å². The predicted octanol–water partition coefficient (Wildman–Crippen LogP) is 2.49. The number of aliphatic carboxylic acids is 1. The molecule has 0 heterocycles. The summed E-state index contributed by atoms with van der Waals surface area (Å²) in [4.78, 5) is 10.8. The first-order valence-corrected chi connectivity index (χ1v) is 4.89. The molecule has 0 saturated carbocycles. The second kappa shape index (κ2) is 5.34. The van der Waals surface area contributed by atoms with Gasteiger partial charge >= 0.3 is 5.97 Å². The standard InChI is InChI=1S/C11H14FNO2/c1-2-5-10(11(14)15)13-9-7-4-3-6-8(9)12/h3-4,6-7,10,13H,2,5H2,1H3,(H,14,15)/t10-/m0/s1. The number of hydrogen-bond donors (Lipinski definition) is 2. The average molecular weight is 211 g/mol. The third kappa shape index (κ3) is 3.23. The number of carboxylic acid groups (broad SMARTS) is 1. The van der Waals surface area contributed by atoms with Crippen molar-refractivity contribution in [1.29, 1.82) is 0 Å². The van der Waals surface area contributed by atoms with Crippen molar-refractivity contribution >= 4 is 11.7 Å². The average Bonchev–Trinajstić information content (AvgIpc) is 2.20. The van der Waals surface area contributed by atoms with Crippen LogP contribution in [0, 0.1) is 5.82 Å². The third-order valence-electron chi connectivity index (χ3n) is 2.08. The van der Waals surface area contributed by atoms with Gasteiger partial charge in [-0.2, -0.15) is 0 Å². The predicted molar refractivity (Wildman–Crippen MR) is 56.4 cm³/mol. The van der Waals surface area contributed by atoms with Crippen LogP contribution in [0.2, 0.25) is 0 Å². The molecule has 0 bridgehead atoms. The van der Waals surface area contributed by atoms with Crippen molar-refractivity contribution < 1.29 is 14.3 Å². The highest BCUT2D eigenvalue weighted by atomic mass is 19.1. The van der Waals surface area contributed by atoms with Crippen LogP contribution in [-0.4, -0.2) is 17.1 Å². The molecule has 0 amide bonds. The van der Waals surface area contributed by atoms with Gasteiger partial charge in [0.25, 0.3) is 0 Å². The van der Waals surface area contributed by atoms with E-state index in [4.69, 9.17) is 5.11 Å². The highest BCUT2D eigenvalue weighted by molar-refractivity contribution is 5.77. The summed E-state index contributed by atoms with van der Waals surface area (Å²) >= 11 is 0. The van der Waals surface area contributed by atoms with Crippen LogP contribution in [0.15, 0.2) is 24.3 Å². The van der Waals surface area contributed by atoms with Crippen LogP contribution in [0.4, 0.5) is 10.1 Å². The highest BCUT2D eigenvalue weighted by Crippen LogP contribution is 2.15. The number of hydrogen-bond acceptors (Lipinski definition) is 2. The minimum absolute atomic E-state index is 0.235. The van der Waals surface area contributed by atoms with Gasteiger partial charge in [0, 0.05) is 0 Å². The molecule has 0 aromatic heterocycles. The summed E-state index contributed by atoms with van der Waals surface area (Å²) in [6, 6.07) is 5.33. The van der Waals surface area contributed by atoms with Crippen LogP contribution in [0.1, 0.15) is 19.8 Å². The highest BCUT2D eigenvalue weighted by Gasteiger charge is 2.16. The molecule has 0 aliphatic carbocycles. The molecule has 0 spiro atoms. The lowest BCUT2D eigenvalue weighted by Gasteiger charge is -2.15. The molecule has 1 atom stereocenters. The van der Waals surface area contributed by atoms with Crippen LogP contribution in [0.25, 0.3) is 0 Å². The first-order valence-electron chi connectivity index (χ1n) is 4.89. The maximum Gasteiger partial charge on any atom is 0.326 e. The van der Waals surface area contributed by atoms with E-state index >= 15 is 0 Å². The molecular formula is C11H14FNO2. The molecule has 3 nitrogen and oxygen atoms in total. The summed E-state index contributed by atoms with van der Waals surface area (Å²) in [6.45, 7) is 1.89. The van der Waals surface area contributed by atoms with Gasteiger partial charge < -0.3 is 10.4 Å². The van der Waals surface area contributed by atoms with E-state index < -0.39 is 17.8 Å². The van der Waals surface area contributed by atoms with Gasteiger partial charge in [0.1, 0.15) is 11.9 Å². The Hall–Kier alpha value is -1.58. The summed E-state index contributed by atoms with van der Waals surface area (Å²) in [5.41, 5.74) is 0.235. The van der Waals surface area contributed by atoms with Gasteiger partial charge in [0.05, 0.1) is 5.69 Å². The van der Waals surface area contributed by atoms with Gasteiger partial charge in [0.2, 0.25) is 0 Å². The Bertz CT molecular complexity index is 341. The fourth-order valence-electron chi connectivity index (χ4n) is 1.31. The SMILES string of the molecule is CCC[C@H](Nc1ccccc1F)C(=O)O. The number of carboxylic acids is 1. The van der Waals surface area contributed by atoms with E-state index in [2.05, 4.69) is 5.32 Å². The lowest BCUT2D eigenvalue weighted by Crippen LogP contribution is -2.29. The zero-order valence-electron chi connectivity index (χ0n) is 8.53. The molecule has 15 heavy (non-hydrogen) atoms. The zero-order chi connectivity index (χ0) is 11.3. The summed E-state index contributed by atoms with van der Waals surface area (Å²) in [7, 11) is 0. The fourth-order valence-corrected chi connectivity index (χ4v) is 1.31. The van der Waals surface area contributed by atoms with E-state index in [9.17, 15) is 9.18 Å². The Morgan fingerprint density at radius 2 is 2.20 bits per heavy atom. The largest absolute Gasteiger partial charge is 0.480 e. The van der Waals surface area contributed by atoms with Gasteiger partial charge in [-0.3, -0.25) is 0 Å². The van der Waals surface area contributed by atoms with Crippen molar-refractivity contribution in [2.45, 2.75) is 25.8 Å². The summed E-state index contributed by atoms with van der Waals surface area (Å²) in [5, 5.41) is 11.5. The van der Waals surface area contributed by atoms with Crippen LogP contribution >= 0.6 is 0 Å². The molecule has 0 fully saturated rings. The monoisotopic (exact) mass is 211 g/mol. The normalized spacial score (nSPS) is 12.1. The van der Waals surface area contributed by atoms with Crippen LogP contribution in [0.3, 0.4) is 0 Å². The first kappa shape index (κ1) is 11.5. The van der Waals surface area contributed by atoms with Gasteiger partial charge in [-0.25, -0.2) is 9.18 Å². The number of halogens is 1. The number of nitrogens with one attached hydrogen (secondary N) is 1. The van der Waals surface area contributed by atoms with Crippen molar-refractivity contribution in [3.8, 4) is 0 Å². The van der Waals surface area contributed by atoms with E-state index in [1.807, 2.05) is 6.92 Å². The Morgan fingerprint density at radius 3 is 2.73 bits per heavy atom. The zero-order valence-corrected chi connectivity index (χ0v) is 8.53. The van der Waals surface area contributed by atoms with Gasteiger partial charge in [-0.05, 0) is 18.6 Å². The minimum atomic E-state index is -0.958. The number of rotatable bonds is 5. The maximum absolute atomic E-state index is 13.2. The van der Waals surface area contributed by atoms with Crippen molar-refractivity contribution in [3.05, 3.63) is 30.1 Å². The Balaban J connectivity index is 2.74. The van der Waals surface area contributed by atoms with E-state index in [1.165, 1.54) is 12.1 Å². The minimum Gasteiger partial charge on any atom is -0.480 e. The molecular weight excluding hydrogens is 197 g/mol. The van der Waals surface area contributed by atoms with Crippen molar-refractivity contribution in [3.63, 3.8) is 0 Å². The van der Waals surface area contributed by atoms with E-state index in [-0.39, 0.29) is 5.69 Å². The van der Waals surface area contributed by atoms with Crippen LogP contribution < -0.4 is 5.32 Å². The van der Waals surface area contributed by atoms with Crippen molar-refractivity contribution in [2.75, 3.05) is 5.32 Å². The molecule has 1 aromatic rings. The molecule has 2 N–H and O–H groups in total. The Morgan fingerprint density at radius 1 is 1.53 bits per heavy atom. The van der Waals surface area contributed by atoms with E-state index in [1.54, 1.807) is 12.1 Å². The summed E-state index contributed by atoms with van der Waals surface area (Å²) < 4.78 is 13.2. The quantitative estimate of drug-likeness (QED) is 0.786. The van der Waals surface area contributed by atoms with Crippen molar-refractivity contribution in [1.82, 2.24) is 0 Å². The smallest absolute Gasteiger partial charge is 0.326 e. The van der Waals surface area contributed by atoms with Gasteiger partial charge in [-0.15, -0.1) is 0 Å². The number of anilines is 1. The first-order chi connectivity index (χ1) is 7.15. The van der Waals surface area contributed by atoms with E-state index in [0.717, 1.165) is 6.42 Å². The number of benzene rings is 1. The molecule has 0 aliphatic rings. The van der Waals surface area contributed by atoms with Gasteiger partial charge in [0.15, 0.2) is 0 Å². The second-order valence-corrected chi connectivity index (χ2v) is 3.30. The Kier molecular flexibility index (Phi) is 4.09. The number of para-hydroxylation sites is 1. The van der Waals surface area contributed by atoms with Gasteiger partial charge in [-0.1, -0.05) is 25.5 Å². The fraction of sp³-hybridized carbons (Fsp3) is 0.364. The van der Waals surface area contributed by atoms with Crippen LogP contribution in [0.5, 0.6) is 0 Å². The molecule has 4 heteroatoms. The lowest BCUT2D eigenvalue weighted by molar-refractivity contribution is -0.138. The lowest BCUT2D eigenvalue weighted by atomic mass is 10.1. The molecule has 82 valence electrons. The van der Waals surface area contributed by atoms with Crippen molar-refractivity contribution in [2.24, 2.45) is 0 Å². The summed E-state index contributed by atoms with van der Waals surface area (Å²) in [6.07, 6.45) is 1.21. The number of carbonyl (C=O) groups is 1. The molecule has 0 radical (unpaired) electrons. The Labute approximate surface area is 87.9 Å². The summed E-state index contributed by atoms with van der Waals surface area (Å²) in [5.74, 6) is -1.39. The molecule has 0 aliphatic heterocycles. The van der Waals surface area contributed by atoms with E-state index in [0.29, 0.717) is 6.42 Å². The molecule has 0 saturated heterocycles. The second-order valence-electron chi connectivity index (χ2n) is 3.30. The molecule has 1 rings (SSSR count).